The van der Waals surface area contributed by atoms with Crippen molar-refractivity contribution in [1.29, 1.82) is 0 Å². The van der Waals surface area contributed by atoms with Crippen molar-refractivity contribution in [2.75, 3.05) is 17.1 Å². The van der Waals surface area contributed by atoms with Crippen molar-refractivity contribution >= 4 is 27.3 Å². The summed E-state index contributed by atoms with van der Waals surface area (Å²) in [6.45, 7) is 3.65. The van der Waals surface area contributed by atoms with Crippen molar-refractivity contribution in [3.05, 3.63) is 83.9 Å². The number of methoxy groups -OCH3 is 1. The minimum absolute atomic E-state index is 0.0870. The van der Waals surface area contributed by atoms with Gasteiger partial charge >= 0.3 is 0 Å². The van der Waals surface area contributed by atoms with E-state index in [9.17, 15) is 13.2 Å². The first kappa shape index (κ1) is 22.4. The van der Waals surface area contributed by atoms with Crippen LogP contribution in [0.4, 0.5) is 11.4 Å². The van der Waals surface area contributed by atoms with Crippen molar-refractivity contribution in [1.82, 2.24) is 0 Å². The molecule has 0 saturated heterocycles. The molecule has 0 aliphatic carbocycles. The second kappa shape index (κ2) is 9.66. The van der Waals surface area contributed by atoms with E-state index in [-0.39, 0.29) is 16.7 Å². The van der Waals surface area contributed by atoms with E-state index in [1.807, 2.05) is 37.3 Å². The van der Waals surface area contributed by atoms with Gasteiger partial charge in [0.25, 0.3) is 10.0 Å². The Bertz CT molecular complexity index is 1160. The monoisotopic (exact) mass is 438 g/mol. The first-order chi connectivity index (χ1) is 14.9. The minimum atomic E-state index is -3.89. The molecule has 0 fully saturated rings. The van der Waals surface area contributed by atoms with Crippen LogP contribution in [0, 0.1) is 6.92 Å². The Morgan fingerprint density at radius 1 is 1.00 bits per heavy atom. The van der Waals surface area contributed by atoms with Crippen LogP contribution in [0.25, 0.3) is 0 Å². The second-order valence-electron chi connectivity index (χ2n) is 7.15. The summed E-state index contributed by atoms with van der Waals surface area (Å²) in [6.07, 6.45) is 0.627. The van der Waals surface area contributed by atoms with Gasteiger partial charge < -0.3 is 10.1 Å². The van der Waals surface area contributed by atoms with Crippen molar-refractivity contribution in [3.63, 3.8) is 0 Å². The summed E-state index contributed by atoms with van der Waals surface area (Å²) in [5.41, 5.74) is 2.25. The number of ether oxygens (including phenoxy) is 1. The quantitative estimate of drug-likeness (QED) is 0.522. The lowest BCUT2D eigenvalue weighted by atomic mass is 9.95. The Morgan fingerprint density at radius 2 is 1.68 bits per heavy atom. The summed E-state index contributed by atoms with van der Waals surface area (Å²) < 4.78 is 33.9. The molecule has 7 heteroatoms. The highest BCUT2D eigenvalue weighted by Crippen LogP contribution is 2.29. The van der Waals surface area contributed by atoms with Crippen LogP contribution in [0.2, 0.25) is 0 Å². The minimum Gasteiger partial charge on any atom is -0.495 e. The van der Waals surface area contributed by atoms with Gasteiger partial charge in [-0.2, -0.15) is 0 Å². The molecule has 0 bridgehead atoms. The number of rotatable bonds is 8. The maximum Gasteiger partial charge on any atom is 0.262 e. The third-order valence-electron chi connectivity index (χ3n) is 5.02. The van der Waals surface area contributed by atoms with Gasteiger partial charge in [-0.05, 0) is 48.7 Å². The summed E-state index contributed by atoms with van der Waals surface area (Å²) >= 11 is 0. The molecule has 6 nitrogen and oxygen atoms in total. The smallest absolute Gasteiger partial charge is 0.262 e. The summed E-state index contributed by atoms with van der Waals surface area (Å²) in [7, 11) is -2.42. The summed E-state index contributed by atoms with van der Waals surface area (Å²) in [4.78, 5) is 13.0. The number of nitrogens with one attached hydrogen (secondary N) is 2. The molecule has 3 rings (SSSR count). The van der Waals surface area contributed by atoms with Crippen molar-refractivity contribution in [2.24, 2.45) is 0 Å². The van der Waals surface area contributed by atoms with Gasteiger partial charge in [0, 0.05) is 5.69 Å². The first-order valence-corrected chi connectivity index (χ1v) is 11.5. The van der Waals surface area contributed by atoms with Gasteiger partial charge in [-0.15, -0.1) is 0 Å². The number of sulfonamides is 1. The third kappa shape index (κ3) is 5.24. The van der Waals surface area contributed by atoms with Crippen molar-refractivity contribution < 1.29 is 17.9 Å². The van der Waals surface area contributed by atoms with Crippen LogP contribution < -0.4 is 14.8 Å². The second-order valence-corrected chi connectivity index (χ2v) is 8.80. The Morgan fingerprint density at radius 3 is 2.35 bits per heavy atom. The molecule has 2 N–H and O–H groups in total. The fraction of sp³-hybridized carbons (Fsp3) is 0.208. The van der Waals surface area contributed by atoms with Gasteiger partial charge in [-0.1, -0.05) is 55.5 Å². The van der Waals surface area contributed by atoms with E-state index in [4.69, 9.17) is 4.74 Å². The van der Waals surface area contributed by atoms with E-state index in [2.05, 4.69) is 10.0 Å². The molecule has 0 aliphatic rings. The number of benzene rings is 3. The van der Waals surface area contributed by atoms with Crippen molar-refractivity contribution in [2.45, 2.75) is 31.1 Å². The van der Waals surface area contributed by atoms with E-state index in [1.54, 1.807) is 43.3 Å². The number of carbonyl (C=O) groups excluding carboxylic acids is 1. The lowest BCUT2D eigenvalue weighted by Gasteiger charge is -2.17. The van der Waals surface area contributed by atoms with E-state index in [0.29, 0.717) is 29.1 Å². The molecule has 1 amide bonds. The van der Waals surface area contributed by atoms with Crippen LogP contribution in [0.15, 0.2) is 77.7 Å². The number of hydrogen-bond acceptors (Lipinski definition) is 4. The number of carbonyl (C=O) groups is 1. The molecule has 1 atom stereocenters. The summed E-state index contributed by atoms with van der Waals surface area (Å²) in [6, 6.07) is 21.2. The molecule has 0 aliphatic heterocycles. The van der Waals surface area contributed by atoms with Crippen LogP contribution in [-0.4, -0.2) is 21.4 Å². The predicted molar refractivity (Wildman–Crippen MR) is 123 cm³/mol. The largest absolute Gasteiger partial charge is 0.495 e. The summed E-state index contributed by atoms with van der Waals surface area (Å²) in [5, 5.41) is 2.86. The predicted octanol–water partition coefficient (Wildman–Crippen LogP) is 4.94. The maximum atomic E-state index is 13.1. The zero-order valence-corrected chi connectivity index (χ0v) is 18.6. The standard InChI is InChI=1S/C24H26N2O4S/c1-4-20(18-10-6-5-7-11-18)24(27)25-19-15-14-17(2)23(16-19)31(28,29)26-21-12-8-9-13-22(21)30-3/h5-16,20,26H,4H2,1-3H3,(H,25,27). The Balaban J connectivity index is 1.86. The van der Waals surface area contributed by atoms with E-state index < -0.39 is 10.0 Å². The molecular weight excluding hydrogens is 412 g/mol. The van der Waals surface area contributed by atoms with Gasteiger partial charge in [0.2, 0.25) is 5.91 Å². The maximum absolute atomic E-state index is 13.1. The van der Waals surface area contributed by atoms with E-state index in [0.717, 1.165) is 5.56 Å². The third-order valence-corrected chi connectivity index (χ3v) is 6.53. The molecule has 1 unspecified atom stereocenters. The molecule has 0 radical (unpaired) electrons. The molecule has 31 heavy (non-hydrogen) atoms. The van der Waals surface area contributed by atoms with Crippen LogP contribution in [0.3, 0.4) is 0 Å². The number of anilines is 2. The van der Waals surface area contributed by atoms with Gasteiger partial charge in [0.1, 0.15) is 5.75 Å². The van der Waals surface area contributed by atoms with Gasteiger partial charge in [-0.25, -0.2) is 8.42 Å². The molecule has 0 heterocycles. The number of para-hydroxylation sites is 2. The van der Waals surface area contributed by atoms with Crippen LogP contribution >= 0.6 is 0 Å². The first-order valence-electron chi connectivity index (χ1n) is 9.98. The van der Waals surface area contributed by atoms with E-state index in [1.165, 1.54) is 13.2 Å². The fourth-order valence-electron chi connectivity index (χ4n) is 3.38. The Kier molecular flexibility index (Phi) is 6.97. The molecule has 0 spiro atoms. The Labute approximate surface area is 183 Å². The molecule has 162 valence electrons. The van der Waals surface area contributed by atoms with Crippen LogP contribution in [-0.2, 0) is 14.8 Å². The zero-order valence-electron chi connectivity index (χ0n) is 17.8. The lowest BCUT2D eigenvalue weighted by molar-refractivity contribution is -0.117. The zero-order chi connectivity index (χ0) is 22.4. The molecule has 0 saturated carbocycles. The van der Waals surface area contributed by atoms with Crippen LogP contribution in [0.1, 0.15) is 30.4 Å². The lowest BCUT2D eigenvalue weighted by Crippen LogP contribution is -2.21. The highest BCUT2D eigenvalue weighted by Gasteiger charge is 2.22. The number of hydrogen-bond donors (Lipinski definition) is 2. The summed E-state index contributed by atoms with van der Waals surface area (Å²) in [5.74, 6) is -0.0883. The van der Waals surface area contributed by atoms with Crippen LogP contribution in [0.5, 0.6) is 5.75 Å². The van der Waals surface area contributed by atoms with Crippen molar-refractivity contribution in [3.8, 4) is 5.75 Å². The fourth-order valence-corrected chi connectivity index (χ4v) is 4.73. The van der Waals surface area contributed by atoms with Gasteiger partial charge in [0.05, 0.1) is 23.6 Å². The number of aryl methyl sites for hydroxylation is 1. The SMILES string of the molecule is CCC(C(=O)Nc1ccc(C)c(S(=O)(=O)Nc2ccccc2OC)c1)c1ccccc1. The average molecular weight is 439 g/mol. The topological polar surface area (TPSA) is 84.5 Å². The molecular formula is C24H26N2O4S. The molecule has 3 aromatic rings. The van der Waals surface area contributed by atoms with E-state index >= 15 is 0 Å². The normalized spacial score (nSPS) is 12.1. The Hall–Kier alpha value is -3.32. The van der Waals surface area contributed by atoms with Gasteiger partial charge in [0.15, 0.2) is 0 Å². The highest BCUT2D eigenvalue weighted by molar-refractivity contribution is 7.92. The average Bonchev–Trinajstić information content (AvgIpc) is 2.76. The number of amides is 1. The highest BCUT2D eigenvalue weighted by atomic mass is 32.2. The molecule has 0 aromatic heterocycles. The van der Waals surface area contributed by atoms with Gasteiger partial charge in [-0.3, -0.25) is 9.52 Å². The molecule has 3 aromatic carbocycles.